The number of aliphatic hydroxyl groups is 1. The number of hydrogen-bond donors (Lipinski definition) is 1. The third-order valence-electron chi connectivity index (χ3n) is 4.18. The molecule has 0 aromatic rings. The molecular formula is C15H30O2. The Morgan fingerprint density at radius 2 is 1.88 bits per heavy atom. The summed E-state index contributed by atoms with van der Waals surface area (Å²) >= 11 is 0. The smallest absolute Gasteiger partial charge is 0.0597 e. The molecule has 1 rings (SSSR count). The number of rotatable bonds is 10. The number of aliphatic hydroxyl groups excluding tert-OH is 1. The monoisotopic (exact) mass is 242 g/mol. The molecule has 2 heteroatoms. The first-order valence-electron chi connectivity index (χ1n) is 7.39. The van der Waals surface area contributed by atoms with Crippen LogP contribution in [0.4, 0.5) is 0 Å². The van der Waals surface area contributed by atoms with Crippen LogP contribution in [-0.4, -0.2) is 24.9 Å². The Balaban J connectivity index is 2.42. The quantitative estimate of drug-likeness (QED) is 0.634. The third kappa shape index (κ3) is 5.39. The molecule has 2 nitrogen and oxygen atoms in total. The molecular weight excluding hydrogens is 212 g/mol. The molecule has 0 amide bonds. The van der Waals surface area contributed by atoms with E-state index in [0.717, 1.165) is 38.2 Å². The average molecular weight is 242 g/mol. The van der Waals surface area contributed by atoms with Gasteiger partial charge in [0, 0.05) is 13.7 Å². The van der Waals surface area contributed by atoms with Crippen LogP contribution in [0.5, 0.6) is 0 Å². The van der Waals surface area contributed by atoms with Crippen molar-refractivity contribution in [2.24, 2.45) is 17.8 Å². The molecule has 1 aliphatic rings. The van der Waals surface area contributed by atoms with E-state index in [9.17, 15) is 5.11 Å². The molecule has 3 unspecified atom stereocenters. The van der Waals surface area contributed by atoms with Crippen LogP contribution in [0.2, 0.25) is 0 Å². The lowest BCUT2D eigenvalue weighted by atomic mass is 9.82. The van der Waals surface area contributed by atoms with Gasteiger partial charge in [0.25, 0.3) is 0 Å². The van der Waals surface area contributed by atoms with E-state index >= 15 is 0 Å². The summed E-state index contributed by atoms with van der Waals surface area (Å²) in [5, 5.41) is 10.5. The summed E-state index contributed by atoms with van der Waals surface area (Å²) in [6.07, 6.45) is 8.31. The first-order chi connectivity index (χ1) is 8.22. The number of ether oxygens (including phenoxy) is 1. The van der Waals surface area contributed by atoms with Crippen LogP contribution in [0.1, 0.15) is 58.8 Å². The van der Waals surface area contributed by atoms with Crippen molar-refractivity contribution in [2.45, 2.75) is 64.9 Å². The van der Waals surface area contributed by atoms with Crippen LogP contribution in [0.15, 0.2) is 0 Å². The van der Waals surface area contributed by atoms with E-state index in [1.807, 2.05) is 0 Å². The van der Waals surface area contributed by atoms with Crippen molar-refractivity contribution in [1.29, 1.82) is 0 Å². The summed E-state index contributed by atoms with van der Waals surface area (Å²) < 4.78 is 5.16. The highest BCUT2D eigenvalue weighted by molar-refractivity contribution is 4.82. The summed E-state index contributed by atoms with van der Waals surface area (Å²) in [6, 6.07) is 0. The largest absolute Gasteiger partial charge is 0.393 e. The zero-order valence-electron chi connectivity index (χ0n) is 11.8. The van der Waals surface area contributed by atoms with Gasteiger partial charge in [-0.05, 0) is 37.0 Å². The van der Waals surface area contributed by atoms with E-state index in [1.165, 1.54) is 19.3 Å². The highest BCUT2D eigenvalue weighted by Gasteiger charge is 2.31. The van der Waals surface area contributed by atoms with E-state index < -0.39 is 0 Å². The molecule has 102 valence electrons. The Kier molecular flexibility index (Phi) is 7.14. The van der Waals surface area contributed by atoms with Gasteiger partial charge in [-0.1, -0.05) is 39.5 Å². The first kappa shape index (κ1) is 15.0. The molecule has 1 N–H and O–H groups in total. The van der Waals surface area contributed by atoms with Crippen LogP contribution < -0.4 is 0 Å². The minimum absolute atomic E-state index is 0.115. The van der Waals surface area contributed by atoms with Crippen LogP contribution >= 0.6 is 0 Å². The molecule has 3 atom stereocenters. The Morgan fingerprint density at radius 1 is 1.18 bits per heavy atom. The standard InChI is InChI=1S/C15H30O2/c1-4-6-14(9-10-17-3)15(16)13(5-2)11-12-7-8-12/h12-16H,4-11H2,1-3H3. The van der Waals surface area contributed by atoms with E-state index in [1.54, 1.807) is 7.11 Å². The summed E-state index contributed by atoms with van der Waals surface area (Å²) in [4.78, 5) is 0. The normalized spacial score (nSPS) is 21.2. The van der Waals surface area contributed by atoms with Crippen molar-refractivity contribution in [3.8, 4) is 0 Å². The lowest BCUT2D eigenvalue weighted by Crippen LogP contribution is -2.30. The highest BCUT2D eigenvalue weighted by Crippen LogP contribution is 2.39. The Hall–Kier alpha value is -0.0800. The van der Waals surface area contributed by atoms with Gasteiger partial charge in [-0.3, -0.25) is 0 Å². The Labute approximate surface area is 107 Å². The average Bonchev–Trinajstić information content (AvgIpc) is 3.14. The number of hydrogen-bond acceptors (Lipinski definition) is 2. The van der Waals surface area contributed by atoms with Crippen molar-refractivity contribution in [3.63, 3.8) is 0 Å². The minimum Gasteiger partial charge on any atom is -0.393 e. The molecule has 0 heterocycles. The van der Waals surface area contributed by atoms with Crippen LogP contribution in [0, 0.1) is 17.8 Å². The van der Waals surface area contributed by atoms with E-state index in [4.69, 9.17) is 4.74 Å². The molecule has 0 spiro atoms. The summed E-state index contributed by atoms with van der Waals surface area (Å²) in [7, 11) is 1.75. The Bertz CT molecular complexity index is 189. The van der Waals surface area contributed by atoms with Crippen LogP contribution in [0.3, 0.4) is 0 Å². The second kappa shape index (κ2) is 8.10. The molecule has 1 fully saturated rings. The second-order valence-corrected chi connectivity index (χ2v) is 5.67. The molecule has 0 saturated heterocycles. The Morgan fingerprint density at radius 3 is 2.35 bits per heavy atom. The van der Waals surface area contributed by atoms with Gasteiger partial charge in [-0.2, -0.15) is 0 Å². The van der Waals surface area contributed by atoms with Crippen molar-refractivity contribution in [1.82, 2.24) is 0 Å². The molecule has 0 radical (unpaired) electrons. The van der Waals surface area contributed by atoms with Gasteiger partial charge in [-0.15, -0.1) is 0 Å². The van der Waals surface area contributed by atoms with E-state index in [0.29, 0.717) is 11.8 Å². The molecule has 0 aliphatic heterocycles. The third-order valence-corrected chi connectivity index (χ3v) is 4.18. The SMILES string of the molecule is CCCC(CCOC)C(O)C(CC)CC1CC1. The van der Waals surface area contributed by atoms with Crippen molar-refractivity contribution < 1.29 is 9.84 Å². The molecule has 0 aromatic carbocycles. The first-order valence-corrected chi connectivity index (χ1v) is 7.39. The van der Waals surface area contributed by atoms with E-state index in [2.05, 4.69) is 13.8 Å². The van der Waals surface area contributed by atoms with Crippen molar-refractivity contribution >= 4 is 0 Å². The zero-order valence-corrected chi connectivity index (χ0v) is 11.8. The lowest BCUT2D eigenvalue weighted by molar-refractivity contribution is 0.0230. The molecule has 0 aromatic heterocycles. The summed E-state index contributed by atoms with van der Waals surface area (Å²) in [6.45, 7) is 5.20. The van der Waals surface area contributed by atoms with Crippen LogP contribution in [-0.2, 0) is 4.74 Å². The molecule has 0 bridgehead atoms. The fourth-order valence-electron chi connectivity index (χ4n) is 2.84. The van der Waals surface area contributed by atoms with Crippen molar-refractivity contribution in [2.75, 3.05) is 13.7 Å². The fraction of sp³-hybridized carbons (Fsp3) is 1.00. The lowest BCUT2D eigenvalue weighted by Gasteiger charge is -2.29. The van der Waals surface area contributed by atoms with Gasteiger partial charge in [0.2, 0.25) is 0 Å². The summed E-state index contributed by atoms with van der Waals surface area (Å²) in [5.74, 6) is 1.86. The maximum Gasteiger partial charge on any atom is 0.0597 e. The second-order valence-electron chi connectivity index (χ2n) is 5.67. The predicted molar refractivity (Wildman–Crippen MR) is 72.0 cm³/mol. The topological polar surface area (TPSA) is 29.5 Å². The van der Waals surface area contributed by atoms with Crippen molar-refractivity contribution in [3.05, 3.63) is 0 Å². The molecule has 1 saturated carbocycles. The zero-order chi connectivity index (χ0) is 12.7. The summed E-state index contributed by atoms with van der Waals surface area (Å²) in [5.41, 5.74) is 0. The van der Waals surface area contributed by atoms with E-state index in [-0.39, 0.29) is 6.10 Å². The predicted octanol–water partition coefficient (Wildman–Crippen LogP) is 3.63. The minimum atomic E-state index is -0.115. The highest BCUT2D eigenvalue weighted by atomic mass is 16.5. The maximum absolute atomic E-state index is 10.5. The van der Waals surface area contributed by atoms with Gasteiger partial charge in [0.05, 0.1) is 6.10 Å². The van der Waals surface area contributed by atoms with Gasteiger partial charge in [0.1, 0.15) is 0 Å². The van der Waals surface area contributed by atoms with Gasteiger partial charge < -0.3 is 9.84 Å². The molecule has 17 heavy (non-hydrogen) atoms. The molecule has 1 aliphatic carbocycles. The van der Waals surface area contributed by atoms with Gasteiger partial charge in [-0.25, -0.2) is 0 Å². The number of methoxy groups -OCH3 is 1. The fourth-order valence-corrected chi connectivity index (χ4v) is 2.84. The van der Waals surface area contributed by atoms with Crippen LogP contribution in [0.25, 0.3) is 0 Å². The maximum atomic E-state index is 10.5. The van der Waals surface area contributed by atoms with Gasteiger partial charge in [0.15, 0.2) is 0 Å². The van der Waals surface area contributed by atoms with Gasteiger partial charge >= 0.3 is 0 Å².